The molecule has 0 saturated heterocycles. The zero-order chi connectivity index (χ0) is 9.90. The summed E-state index contributed by atoms with van der Waals surface area (Å²) in [5, 5.41) is 3.90. The van der Waals surface area contributed by atoms with E-state index in [9.17, 15) is 4.79 Å². The number of ether oxygens (including phenoxy) is 1. The largest absolute Gasteiger partial charge is 0.469 e. The lowest BCUT2D eigenvalue weighted by molar-refractivity contribution is -0.140. The van der Waals surface area contributed by atoms with E-state index in [2.05, 4.69) is 9.89 Å². The van der Waals surface area contributed by atoms with E-state index in [0.717, 1.165) is 12.1 Å². The van der Waals surface area contributed by atoms with Gasteiger partial charge in [-0.15, -0.1) is 0 Å². The molecular formula is C9H15NO3. The van der Waals surface area contributed by atoms with E-state index in [-0.39, 0.29) is 11.6 Å². The average Bonchev–Trinajstić information content (AvgIpc) is 2.41. The molecule has 1 aliphatic rings. The second kappa shape index (κ2) is 3.77. The van der Waals surface area contributed by atoms with Gasteiger partial charge in [0, 0.05) is 6.42 Å². The lowest BCUT2D eigenvalue weighted by atomic mass is 10.0. The number of methoxy groups -OCH3 is 1. The van der Waals surface area contributed by atoms with Gasteiger partial charge in [-0.05, 0) is 20.3 Å². The van der Waals surface area contributed by atoms with Gasteiger partial charge in [-0.25, -0.2) is 0 Å². The number of carbonyl (C=O) groups is 1. The van der Waals surface area contributed by atoms with Gasteiger partial charge in [0.25, 0.3) is 0 Å². The van der Waals surface area contributed by atoms with Crippen LogP contribution in [0, 0.1) is 0 Å². The van der Waals surface area contributed by atoms with Crippen molar-refractivity contribution in [1.29, 1.82) is 0 Å². The fourth-order valence-electron chi connectivity index (χ4n) is 1.23. The van der Waals surface area contributed by atoms with Crippen molar-refractivity contribution in [2.45, 2.75) is 38.7 Å². The molecule has 0 aliphatic carbocycles. The Bertz CT molecular complexity index is 233. The third-order valence-corrected chi connectivity index (χ3v) is 1.90. The lowest BCUT2D eigenvalue weighted by Crippen LogP contribution is -2.19. The number of hydrogen-bond donors (Lipinski definition) is 0. The van der Waals surface area contributed by atoms with Crippen LogP contribution in [0.4, 0.5) is 0 Å². The standard InChI is InChI=1S/C9H15NO3/c1-9(2)6-7(10-13-9)4-5-8(11)12-3/h4-6H2,1-3H3. The van der Waals surface area contributed by atoms with Gasteiger partial charge in [-0.1, -0.05) is 5.16 Å². The van der Waals surface area contributed by atoms with Crippen LogP contribution in [-0.2, 0) is 14.4 Å². The van der Waals surface area contributed by atoms with E-state index < -0.39 is 0 Å². The number of esters is 1. The molecule has 0 spiro atoms. The number of carbonyl (C=O) groups excluding carboxylic acids is 1. The molecule has 4 heteroatoms. The Morgan fingerprint density at radius 1 is 1.69 bits per heavy atom. The molecule has 0 aromatic rings. The summed E-state index contributed by atoms with van der Waals surface area (Å²) in [6.07, 6.45) is 1.81. The smallest absolute Gasteiger partial charge is 0.305 e. The van der Waals surface area contributed by atoms with E-state index >= 15 is 0 Å². The minimum atomic E-state index is -0.203. The van der Waals surface area contributed by atoms with Gasteiger partial charge >= 0.3 is 5.97 Å². The van der Waals surface area contributed by atoms with Gasteiger partial charge in [0.1, 0.15) is 5.60 Å². The maximum absolute atomic E-state index is 10.8. The molecule has 0 saturated carbocycles. The van der Waals surface area contributed by atoms with Crippen LogP contribution in [0.5, 0.6) is 0 Å². The average molecular weight is 185 g/mol. The topological polar surface area (TPSA) is 47.9 Å². The van der Waals surface area contributed by atoms with Crippen molar-refractivity contribution in [2.75, 3.05) is 7.11 Å². The molecule has 13 heavy (non-hydrogen) atoms. The summed E-state index contributed by atoms with van der Waals surface area (Å²) in [6.45, 7) is 3.95. The van der Waals surface area contributed by atoms with Crippen molar-refractivity contribution >= 4 is 11.7 Å². The van der Waals surface area contributed by atoms with Gasteiger partial charge in [-0.2, -0.15) is 0 Å². The van der Waals surface area contributed by atoms with Gasteiger partial charge < -0.3 is 9.57 Å². The Labute approximate surface area is 77.9 Å². The quantitative estimate of drug-likeness (QED) is 0.626. The first-order valence-electron chi connectivity index (χ1n) is 4.34. The van der Waals surface area contributed by atoms with Crippen molar-refractivity contribution < 1.29 is 14.4 Å². The van der Waals surface area contributed by atoms with E-state index in [1.54, 1.807) is 0 Å². The molecule has 0 aromatic heterocycles. The molecule has 0 unspecified atom stereocenters. The molecule has 0 fully saturated rings. The molecule has 0 amide bonds. The Balaban J connectivity index is 2.29. The fourth-order valence-corrected chi connectivity index (χ4v) is 1.23. The molecule has 1 heterocycles. The molecule has 0 bridgehead atoms. The van der Waals surface area contributed by atoms with Gasteiger partial charge in [0.15, 0.2) is 0 Å². The highest BCUT2D eigenvalue weighted by molar-refractivity contribution is 5.88. The number of nitrogens with zero attached hydrogens (tertiary/aromatic N) is 1. The second-order valence-corrected chi connectivity index (χ2v) is 3.76. The molecular weight excluding hydrogens is 170 g/mol. The lowest BCUT2D eigenvalue weighted by Gasteiger charge is -2.13. The van der Waals surface area contributed by atoms with Crippen LogP contribution in [0.2, 0.25) is 0 Å². The van der Waals surface area contributed by atoms with Gasteiger partial charge in [0.05, 0.1) is 19.2 Å². The van der Waals surface area contributed by atoms with E-state index in [4.69, 9.17) is 4.84 Å². The third-order valence-electron chi connectivity index (χ3n) is 1.90. The predicted molar refractivity (Wildman–Crippen MR) is 48.5 cm³/mol. The van der Waals surface area contributed by atoms with Crippen molar-refractivity contribution in [3.63, 3.8) is 0 Å². The SMILES string of the molecule is COC(=O)CCC1=NOC(C)(C)C1. The monoisotopic (exact) mass is 185 g/mol. The Morgan fingerprint density at radius 3 is 2.85 bits per heavy atom. The predicted octanol–water partition coefficient (Wildman–Crippen LogP) is 1.49. The van der Waals surface area contributed by atoms with Crippen LogP contribution in [-0.4, -0.2) is 24.4 Å². The molecule has 74 valence electrons. The third kappa shape index (κ3) is 3.05. The molecule has 1 aliphatic heterocycles. The van der Waals surface area contributed by atoms with Crippen LogP contribution in [0.3, 0.4) is 0 Å². The summed E-state index contributed by atoms with van der Waals surface area (Å²) in [5.41, 5.74) is 0.737. The van der Waals surface area contributed by atoms with Gasteiger partial charge in [0.2, 0.25) is 0 Å². The van der Waals surface area contributed by atoms with Crippen molar-refractivity contribution in [1.82, 2.24) is 0 Å². The van der Waals surface area contributed by atoms with Crippen molar-refractivity contribution in [2.24, 2.45) is 5.16 Å². The molecule has 0 aromatic carbocycles. The van der Waals surface area contributed by atoms with E-state index in [0.29, 0.717) is 12.8 Å². The normalized spacial score (nSPS) is 19.2. The summed E-state index contributed by atoms with van der Waals surface area (Å²) in [6, 6.07) is 0. The molecule has 0 N–H and O–H groups in total. The van der Waals surface area contributed by atoms with Crippen LogP contribution in [0.15, 0.2) is 5.16 Å². The summed E-state index contributed by atoms with van der Waals surface area (Å²) >= 11 is 0. The highest BCUT2D eigenvalue weighted by Gasteiger charge is 2.28. The van der Waals surface area contributed by atoms with Crippen LogP contribution in [0.25, 0.3) is 0 Å². The Hall–Kier alpha value is -1.06. The van der Waals surface area contributed by atoms with Crippen molar-refractivity contribution in [3.8, 4) is 0 Å². The summed E-state index contributed by atoms with van der Waals surface area (Å²) in [5.74, 6) is -0.201. The highest BCUT2D eigenvalue weighted by Crippen LogP contribution is 2.24. The first kappa shape index (κ1) is 10.0. The van der Waals surface area contributed by atoms with E-state index in [1.807, 2.05) is 13.8 Å². The minimum absolute atomic E-state index is 0.201. The van der Waals surface area contributed by atoms with Crippen molar-refractivity contribution in [3.05, 3.63) is 0 Å². The zero-order valence-electron chi connectivity index (χ0n) is 8.29. The molecule has 0 radical (unpaired) electrons. The molecule has 1 rings (SSSR count). The number of oxime groups is 1. The Kier molecular flexibility index (Phi) is 2.90. The minimum Gasteiger partial charge on any atom is -0.469 e. The molecule has 0 atom stereocenters. The fraction of sp³-hybridized carbons (Fsp3) is 0.778. The summed E-state index contributed by atoms with van der Waals surface area (Å²) in [4.78, 5) is 16.0. The first-order chi connectivity index (χ1) is 6.03. The van der Waals surface area contributed by atoms with Crippen LogP contribution < -0.4 is 0 Å². The maximum atomic E-state index is 10.8. The first-order valence-corrected chi connectivity index (χ1v) is 4.34. The van der Waals surface area contributed by atoms with Crippen LogP contribution in [0.1, 0.15) is 33.1 Å². The van der Waals surface area contributed by atoms with E-state index in [1.165, 1.54) is 7.11 Å². The summed E-state index contributed by atoms with van der Waals surface area (Å²) in [7, 11) is 1.39. The zero-order valence-corrected chi connectivity index (χ0v) is 8.29. The molecule has 4 nitrogen and oxygen atoms in total. The highest BCUT2D eigenvalue weighted by atomic mass is 16.7. The second-order valence-electron chi connectivity index (χ2n) is 3.76. The summed E-state index contributed by atoms with van der Waals surface area (Å²) < 4.78 is 4.53. The maximum Gasteiger partial charge on any atom is 0.305 e. The Morgan fingerprint density at radius 2 is 2.38 bits per heavy atom. The van der Waals surface area contributed by atoms with Crippen LogP contribution >= 0.6 is 0 Å². The number of hydrogen-bond acceptors (Lipinski definition) is 4. The van der Waals surface area contributed by atoms with Gasteiger partial charge in [-0.3, -0.25) is 4.79 Å². The number of rotatable bonds is 3.